The molecule has 1 aromatic carbocycles. The monoisotopic (exact) mass is 284 g/mol. The quantitative estimate of drug-likeness (QED) is 0.910. The lowest BCUT2D eigenvalue weighted by atomic mass is 9.89. The minimum atomic E-state index is 0.360. The zero-order valence-corrected chi connectivity index (χ0v) is 12.9. The van der Waals surface area contributed by atoms with Crippen molar-refractivity contribution in [2.75, 3.05) is 19.8 Å². The number of ether oxygens (including phenoxy) is 1. The van der Waals surface area contributed by atoms with Gasteiger partial charge in [0.25, 0.3) is 0 Å². The van der Waals surface area contributed by atoms with Crippen LogP contribution in [0, 0.1) is 12.8 Å². The molecule has 1 fully saturated rings. The zero-order valence-electron chi connectivity index (χ0n) is 12.9. The van der Waals surface area contributed by atoms with Crippen molar-refractivity contribution in [2.24, 2.45) is 5.92 Å². The summed E-state index contributed by atoms with van der Waals surface area (Å²) in [6.45, 7) is 7.08. The highest BCUT2D eigenvalue weighted by atomic mass is 16.5. The Morgan fingerprint density at radius 1 is 1.38 bits per heavy atom. The first-order valence-electron chi connectivity index (χ1n) is 7.97. The highest BCUT2D eigenvalue weighted by molar-refractivity contribution is 5.82. The molecule has 1 aliphatic heterocycles. The second-order valence-corrected chi connectivity index (χ2v) is 5.93. The van der Waals surface area contributed by atoms with Crippen molar-refractivity contribution >= 4 is 10.9 Å². The maximum absolute atomic E-state index is 5.63. The molecule has 3 heteroatoms. The molecule has 3 rings (SSSR count). The van der Waals surface area contributed by atoms with Gasteiger partial charge in [0.1, 0.15) is 0 Å². The summed E-state index contributed by atoms with van der Waals surface area (Å²) >= 11 is 0. The van der Waals surface area contributed by atoms with Gasteiger partial charge in [-0.2, -0.15) is 0 Å². The number of fused-ring (bicyclic) bond motifs is 1. The summed E-state index contributed by atoms with van der Waals surface area (Å²) in [6, 6.07) is 11.1. The summed E-state index contributed by atoms with van der Waals surface area (Å²) < 4.78 is 5.63. The van der Waals surface area contributed by atoms with Gasteiger partial charge in [0.2, 0.25) is 0 Å². The van der Waals surface area contributed by atoms with E-state index in [-0.39, 0.29) is 0 Å². The highest BCUT2D eigenvalue weighted by Gasteiger charge is 2.28. The normalized spacial score (nSPS) is 20.0. The average Bonchev–Trinajstić information content (AvgIpc) is 3.01. The molecule has 1 saturated heterocycles. The van der Waals surface area contributed by atoms with Crippen LogP contribution in [0.25, 0.3) is 10.9 Å². The number of para-hydroxylation sites is 1. The molecule has 2 heterocycles. The van der Waals surface area contributed by atoms with E-state index in [9.17, 15) is 0 Å². The summed E-state index contributed by atoms with van der Waals surface area (Å²) in [5.41, 5.74) is 3.56. The molecule has 0 radical (unpaired) electrons. The Bertz CT molecular complexity index is 605. The van der Waals surface area contributed by atoms with Gasteiger partial charge < -0.3 is 10.1 Å². The largest absolute Gasteiger partial charge is 0.381 e. The van der Waals surface area contributed by atoms with Gasteiger partial charge in [-0.25, -0.2) is 0 Å². The molecule has 1 aliphatic rings. The number of nitrogens with zero attached hydrogens (tertiary/aromatic N) is 1. The van der Waals surface area contributed by atoms with E-state index in [1.54, 1.807) is 0 Å². The van der Waals surface area contributed by atoms with E-state index in [1.807, 2.05) is 0 Å². The lowest BCUT2D eigenvalue weighted by Gasteiger charge is -2.26. The second-order valence-electron chi connectivity index (χ2n) is 5.93. The molecule has 0 spiro atoms. The number of rotatable bonds is 5. The molecule has 0 aliphatic carbocycles. The van der Waals surface area contributed by atoms with Crippen LogP contribution < -0.4 is 5.32 Å². The van der Waals surface area contributed by atoms with Gasteiger partial charge in [0.05, 0.1) is 12.1 Å². The fourth-order valence-corrected chi connectivity index (χ4v) is 3.24. The van der Waals surface area contributed by atoms with Crippen LogP contribution in [0.4, 0.5) is 0 Å². The molecule has 0 saturated carbocycles. The fourth-order valence-electron chi connectivity index (χ4n) is 3.24. The Labute approximate surface area is 126 Å². The Kier molecular flexibility index (Phi) is 4.51. The van der Waals surface area contributed by atoms with Gasteiger partial charge in [0.15, 0.2) is 0 Å². The molecule has 2 aromatic rings. The van der Waals surface area contributed by atoms with Gasteiger partial charge >= 0.3 is 0 Å². The maximum atomic E-state index is 5.63. The van der Waals surface area contributed by atoms with Crippen LogP contribution >= 0.6 is 0 Å². The average molecular weight is 284 g/mol. The number of benzene rings is 1. The molecular weight excluding hydrogens is 260 g/mol. The smallest absolute Gasteiger partial charge is 0.0708 e. The molecule has 2 unspecified atom stereocenters. The predicted octanol–water partition coefficient (Wildman–Crippen LogP) is 3.62. The molecule has 3 nitrogen and oxygen atoms in total. The molecule has 112 valence electrons. The van der Waals surface area contributed by atoms with Crippen LogP contribution in [0.3, 0.4) is 0 Å². The van der Waals surface area contributed by atoms with Gasteiger partial charge in [-0.15, -0.1) is 0 Å². The molecule has 0 amide bonds. The predicted molar refractivity (Wildman–Crippen MR) is 86.4 cm³/mol. The van der Waals surface area contributed by atoms with Crippen LogP contribution in [0.2, 0.25) is 0 Å². The Hall–Kier alpha value is -1.45. The van der Waals surface area contributed by atoms with Crippen LogP contribution in [0.1, 0.15) is 37.1 Å². The third-order valence-electron chi connectivity index (χ3n) is 4.26. The topological polar surface area (TPSA) is 34.2 Å². The van der Waals surface area contributed by atoms with Crippen molar-refractivity contribution in [3.05, 3.63) is 41.6 Å². The van der Waals surface area contributed by atoms with E-state index in [4.69, 9.17) is 4.74 Å². The Morgan fingerprint density at radius 3 is 3.00 bits per heavy atom. The molecule has 2 atom stereocenters. The van der Waals surface area contributed by atoms with Crippen LogP contribution in [-0.4, -0.2) is 24.7 Å². The molecule has 1 aromatic heterocycles. The van der Waals surface area contributed by atoms with Crippen molar-refractivity contribution in [2.45, 2.75) is 32.7 Å². The summed E-state index contributed by atoms with van der Waals surface area (Å²) in [6.07, 6.45) is 2.28. The number of hydrogen-bond donors (Lipinski definition) is 1. The summed E-state index contributed by atoms with van der Waals surface area (Å²) in [5.74, 6) is 0.557. The van der Waals surface area contributed by atoms with Crippen molar-refractivity contribution in [1.82, 2.24) is 10.3 Å². The third-order valence-corrected chi connectivity index (χ3v) is 4.26. The van der Waals surface area contributed by atoms with E-state index in [1.165, 1.54) is 10.9 Å². The number of nitrogens with one attached hydrogen (secondary N) is 1. The standard InChI is InChI=1S/C18H24N2O/c1-3-9-19-18(14-8-10-21-12-14)16-11-13(2)20-17-7-5-4-6-15(16)17/h4-7,11,14,18-19H,3,8-10,12H2,1-2H3. The second kappa shape index (κ2) is 6.54. The highest BCUT2D eigenvalue weighted by Crippen LogP contribution is 2.33. The van der Waals surface area contributed by atoms with Crippen molar-refractivity contribution < 1.29 is 4.74 Å². The van der Waals surface area contributed by atoms with Gasteiger partial charge in [0, 0.05) is 29.6 Å². The van der Waals surface area contributed by atoms with Crippen molar-refractivity contribution in [3.63, 3.8) is 0 Å². The number of aryl methyl sites for hydroxylation is 1. The summed E-state index contributed by atoms with van der Waals surface area (Å²) in [4.78, 5) is 4.67. The first-order chi connectivity index (χ1) is 10.3. The van der Waals surface area contributed by atoms with E-state index in [2.05, 4.69) is 54.5 Å². The lowest BCUT2D eigenvalue weighted by molar-refractivity contribution is 0.177. The van der Waals surface area contributed by atoms with Crippen LogP contribution in [-0.2, 0) is 4.74 Å². The van der Waals surface area contributed by atoms with E-state index >= 15 is 0 Å². The first kappa shape index (κ1) is 14.5. The van der Waals surface area contributed by atoms with Gasteiger partial charge in [-0.3, -0.25) is 4.98 Å². The zero-order chi connectivity index (χ0) is 14.7. The Morgan fingerprint density at radius 2 is 2.24 bits per heavy atom. The minimum Gasteiger partial charge on any atom is -0.381 e. The van der Waals surface area contributed by atoms with E-state index in [0.717, 1.165) is 43.8 Å². The Balaban J connectivity index is 2.04. The molecule has 0 bridgehead atoms. The number of hydrogen-bond acceptors (Lipinski definition) is 3. The molecule has 21 heavy (non-hydrogen) atoms. The molecule has 1 N–H and O–H groups in total. The van der Waals surface area contributed by atoms with Crippen LogP contribution in [0.5, 0.6) is 0 Å². The first-order valence-corrected chi connectivity index (χ1v) is 7.97. The minimum absolute atomic E-state index is 0.360. The lowest BCUT2D eigenvalue weighted by Crippen LogP contribution is -2.29. The third kappa shape index (κ3) is 3.09. The molecular formula is C18H24N2O. The van der Waals surface area contributed by atoms with E-state index in [0.29, 0.717) is 12.0 Å². The van der Waals surface area contributed by atoms with Crippen LogP contribution in [0.15, 0.2) is 30.3 Å². The summed E-state index contributed by atoms with van der Waals surface area (Å²) in [5, 5.41) is 5.01. The van der Waals surface area contributed by atoms with Crippen molar-refractivity contribution in [1.29, 1.82) is 0 Å². The fraction of sp³-hybridized carbons (Fsp3) is 0.500. The van der Waals surface area contributed by atoms with Crippen molar-refractivity contribution in [3.8, 4) is 0 Å². The SMILES string of the molecule is CCCNC(c1cc(C)nc2ccccc12)C1CCOC1. The maximum Gasteiger partial charge on any atom is 0.0708 e. The van der Waals surface area contributed by atoms with Gasteiger partial charge in [-0.05, 0) is 44.0 Å². The van der Waals surface area contributed by atoms with E-state index < -0.39 is 0 Å². The number of aromatic nitrogens is 1. The number of pyridine rings is 1. The van der Waals surface area contributed by atoms with Gasteiger partial charge in [-0.1, -0.05) is 25.1 Å². The summed E-state index contributed by atoms with van der Waals surface area (Å²) in [7, 11) is 0.